The van der Waals surface area contributed by atoms with E-state index in [9.17, 15) is 9.59 Å². The molecule has 0 aromatic heterocycles. The molecule has 0 saturated carbocycles. The third-order valence-corrected chi connectivity index (χ3v) is 2.79. The van der Waals surface area contributed by atoms with Crippen molar-refractivity contribution in [1.29, 1.82) is 0 Å². The van der Waals surface area contributed by atoms with Crippen molar-refractivity contribution in [2.24, 2.45) is 0 Å². The van der Waals surface area contributed by atoms with Gasteiger partial charge in [-0.2, -0.15) is 0 Å². The summed E-state index contributed by atoms with van der Waals surface area (Å²) in [4.78, 5) is 23.9. The first-order chi connectivity index (χ1) is 9.97. The third kappa shape index (κ3) is 5.33. The van der Waals surface area contributed by atoms with E-state index in [2.05, 4.69) is 10.6 Å². The molecule has 1 atom stereocenters. The summed E-state index contributed by atoms with van der Waals surface area (Å²) < 4.78 is 5.34. The van der Waals surface area contributed by atoms with Gasteiger partial charge in [-0.25, -0.2) is 0 Å². The lowest BCUT2D eigenvalue weighted by molar-refractivity contribution is -0.122. The molecule has 4 N–H and O–H groups in total. The number of carbonyl (C=O) groups is 2. The molecular formula is C15H23N3O3. The second-order valence-electron chi connectivity index (χ2n) is 4.71. The molecule has 1 aromatic rings. The van der Waals surface area contributed by atoms with Gasteiger partial charge in [0, 0.05) is 23.9 Å². The molecule has 0 aliphatic carbocycles. The molecule has 6 heteroatoms. The van der Waals surface area contributed by atoms with Crippen LogP contribution in [-0.2, 0) is 4.79 Å². The van der Waals surface area contributed by atoms with Crippen LogP contribution in [0.1, 0.15) is 37.6 Å². The summed E-state index contributed by atoms with van der Waals surface area (Å²) in [5, 5.41) is 5.37. The highest BCUT2D eigenvalue weighted by atomic mass is 16.5. The predicted octanol–water partition coefficient (Wildman–Crippen LogP) is 1.31. The molecular weight excluding hydrogens is 270 g/mol. The highest BCUT2D eigenvalue weighted by Gasteiger charge is 2.16. The van der Waals surface area contributed by atoms with Crippen LogP contribution in [0.2, 0.25) is 0 Å². The Morgan fingerprint density at radius 1 is 1.29 bits per heavy atom. The van der Waals surface area contributed by atoms with Crippen LogP contribution in [0.3, 0.4) is 0 Å². The number of ether oxygens (including phenoxy) is 1. The number of amides is 2. The monoisotopic (exact) mass is 293 g/mol. The summed E-state index contributed by atoms with van der Waals surface area (Å²) in [6.45, 7) is 6.53. The van der Waals surface area contributed by atoms with E-state index in [0.717, 1.165) is 6.42 Å². The van der Waals surface area contributed by atoms with Crippen LogP contribution in [0.5, 0.6) is 5.75 Å². The van der Waals surface area contributed by atoms with Crippen molar-refractivity contribution in [3.63, 3.8) is 0 Å². The number of nitrogen functional groups attached to an aromatic ring is 1. The van der Waals surface area contributed by atoms with Gasteiger partial charge in [-0.15, -0.1) is 0 Å². The summed E-state index contributed by atoms with van der Waals surface area (Å²) in [6.07, 6.45) is 0.847. The van der Waals surface area contributed by atoms with Crippen molar-refractivity contribution in [1.82, 2.24) is 10.6 Å². The molecule has 0 bridgehead atoms. The summed E-state index contributed by atoms with van der Waals surface area (Å²) in [7, 11) is 0. The van der Waals surface area contributed by atoms with Gasteiger partial charge in [-0.3, -0.25) is 9.59 Å². The fourth-order valence-electron chi connectivity index (χ4n) is 1.75. The van der Waals surface area contributed by atoms with Crippen molar-refractivity contribution >= 4 is 17.5 Å². The molecule has 1 aromatic carbocycles. The van der Waals surface area contributed by atoms with Crippen molar-refractivity contribution in [2.75, 3.05) is 18.9 Å². The second-order valence-corrected chi connectivity index (χ2v) is 4.71. The quantitative estimate of drug-likeness (QED) is 0.661. The average molecular weight is 293 g/mol. The maximum absolute atomic E-state index is 12.1. The van der Waals surface area contributed by atoms with Gasteiger partial charge in [0.25, 0.3) is 5.91 Å². The molecule has 6 nitrogen and oxygen atoms in total. The van der Waals surface area contributed by atoms with E-state index in [1.165, 1.54) is 0 Å². The van der Waals surface area contributed by atoms with Crippen molar-refractivity contribution in [2.45, 2.75) is 33.2 Å². The Morgan fingerprint density at radius 3 is 2.62 bits per heavy atom. The molecule has 0 saturated heterocycles. The number of carbonyl (C=O) groups excluding carboxylic acids is 2. The summed E-state index contributed by atoms with van der Waals surface area (Å²) >= 11 is 0. The second kappa shape index (κ2) is 8.14. The van der Waals surface area contributed by atoms with E-state index >= 15 is 0 Å². The predicted molar refractivity (Wildman–Crippen MR) is 82.3 cm³/mol. The van der Waals surface area contributed by atoms with Crippen molar-refractivity contribution in [3.05, 3.63) is 23.8 Å². The molecule has 1 rings (SSSR count). The van der Waals surface area contributed by atoms with Crippen LogP contribution in [0.25, 0.3) is 0 Å². The van der Waals surface area contributed by atoms with E-state index in [0.29, 0.717) is 30.2 Å². The molecule has 2 amide bonds. The normalized spacial score (nSPS) is 11.6. The number of anilines is 1. The Balaban J connectivity index is 2.72. The zero-order chi connectivity index (χ0) is 15.8. The first-order valence-corrected chi connectivity index (χ1v) is 7.09. The minimum atomic E-state index is -0.610. The molecule has 0 fully saturated rings. The molecule has 0 spiro atoms. The van der Waals surface area contributed by atoms with E-state index in [4.69, 9.17) is 10.5 Å². The van der Waals surface area contributed by atoms with Gasteiger partial charge in [0.2, 0.25) is 5.91 Å². The van der Waals surface area contributed by atoms with E-state index in [-0.39, 0.29) is 11.8 Å². The lowest BCUT2D eigenvalue weighted by atomic mass is 10.1. The van der Waals surface area contributed by atoms with Crippen LogP contribution >= 0.6 is 0 Å². The van der Waals surface area contributed by atoms with Gasteiger partial charge in [0.1, 0.15) is 11.8 Å². The SMILES string of the molecule is CCCNC(=O)C(C)NC(=O)c1cc(N)cc(OCC)c1. The highest BCUT2D eigenvalue weighted by Crippen LogP contribution is 2.19. The van der Waals surface area contributed by atoms with E-state index < -0.39 is 6.04 Å². The Hall–Kier alpha value is -2.24. The Bertz CT molecular complexity index is 503. The Kier molecular flexibility index (Phi) is 6.52. The summed E-state index contributed by atoms with van der Waals surface area (Å²) in [6, 6.07) is 4.19. The number of rotatable bonds is 7. The highest BCUT2D eigenvalue weighted by molar-refractivity contribution is 5.98. The lowest BCUT2D eigenvalue weighted by Gasteiger charge is -2.14. The largest absolute Gasteiger partial charge is 0.494 e. The molecule has 0 radical (unpaired) electrons. The minimum Gasteiger partial charge on any atom is -0.494 e. The molecule has 116 valence electrons. The smallest absolute Gasteiger partial charge is 0.252 e. The number of benzene rings is 1. The van der Waals surface area contributed by atoms with Crippen molar-refractivity contribution < 1.29 is 14.3 Å². The molecule has 21 heavy (non-hydrogen) atoms. The van der Waals surface area contributed by atoms with Gasteiger partial charge >= 0.3 is 0 Å². The van der Waals surface area contributed by atoms with E-state index in [1.54, 1.807) is 25.1 Å². The van der Waals surface area contributed by atoms with Gasteiger partial charge in [-0.05, 0) is 32.4 Å². The average Bonchev–Trinajstić information content (AvgIpc) is 2.44. The standard InChI is InChI=1S/C15H23N3O3/c1-4-6-17-14(19)10(3)18-15(20)11-7-12(16)9-13(8-11)21-5-2/h7-10H,4-6,16H2,1-3H3,(H,17,19)(H,18,20). The Morgan fingerprint density at radius 2 is 2.00 bits per heavy atom. The van der Waals surface area contributed by atoms with Crippen molar-refractivity contribution in [3.8, 4) is 5.75 Å². The Labute approximate surface area is 125 Å². The number of nitrogens with two attached hydrogens (primary N) is 1. The van der Waals surface area contributed by atoms with Crippen LogP contribution in [0, 0.1) is 0 Å². The van der Waals surface area contributed by atoms with Crippen LogP contribution in [-0.4, -0.2) is 31.0 Å². The van der Waals surface area contributed by atoms with Gasteiger partial charge in [0.05, 0.1) is 6.61 Å². The third-order valence-electron chi connectivity index (χ3n) is 2.79. The molecule has 0 aliphatic rings. The van der Waals surface area contributed by atoms with Crippen LogP contribution in [0.4, 0.5) is 5.69 Å². The zero-order valence-electron chi connectivity index (χ0n) is 12.7. The summed E-state index contributed by atoms with van der Waals surface area (Å²) in [5.74, 6) is -0.0349. The molecule has 0 aliphatic heterocycles. The molecule has 1 unspecified atom stereocenters. The maximum atomic E-state index is 12.1. The van der Waals surface area contributed by atoms with Gasteiger partial charge in [-0.1, -0.05) is 6.92 Å². The number of hydrogen-bond acceptors (Lipinski definition) is 4. The van der Waals surface area contributed by atoms with Gasteiger partial charge in [0.15, 0.2) is 0 Å². The fraction of sp³-hybridized carbons (Fsp3) is 0.467. The topological polar surface area (TPSA) is 93.5 Å². The first-order valence-electron chi connectivity index (χ1n) is 7.09. The first kappa shape index (κ1) is 16.8. The van der Waals surface area contributed by atoms with Crippen LogP contribution in [0.15, 0.2) is 18.2 Å². The van der Waals surface area contributed by atoms with E-state index in [1.807, 2.05) is 13.8 Å². The number of nitrogens with one attached hydrogen (secondary N) is 2. The fourth-order valence-corrected chi connectivity index (χ4v) is 1.75. The lowest BCUT2D eigenvalue weighted by Crippen LogP contribution is -2.45. The summed E-state index contributed by atoms with van der Waals surface area (Å²) in [5.41, 5.74) is 6.55. The maximum Gasteiger partial charge on any atom is 0.252 e. The van der Waals surface area contributed by atoms with Crippen LogP contribution < -0.4 is 21.1 Å². The molecule has 0 heterocycles. The number of hydrogen-bond donors (Lipinski definition) is 3. The van der Waals surface area contributed by atoms with Gasteiger partial charge < -0.3 is 21.1 Å². The zero-order valence-corrected chi connectivity index (χ0v) is 12.7. The minimum absolute atomic E-state index is 0.209.